The largest absolute Gasteiger partial charge is 0.416 e. The van der Waals surface area contributed by atoms with E-state index < -0.39 is 43.6 Å². The molecule has 8 nitrogen and oxygen atoms in total. The van der Waals surface area contributed by atoms with Crippen molar-refractivity contribution >= 4 is 79.6 Å². The Morgan fingerprint density at radius 2 is 0.929 bits per heavy atom. The molecule has 2 aromatic heterocycles. The summed E-state index contributed by atoms with van der Waals surface area (Å²) in [6.45, 7) is 0. The molecule has 0 saturated heterocycles. The highest BCUT2D eigenvalue weighted by atomic mass is 35.5. The van der Waals surface area contributed by atoms with Crippen LogP contribution in [0.5, 0.6) is 0 Å². The summed E-state index contributed by atoms with van der Waals surface area (Å²) in [6.07, 6.45) is -9.48. The predicted octanol–water partition coefficient (Wildman–Crippen LogP) is 8.42. The molecule has 2 aromatic carbocycles. The molecule has 218 valence electrons. The van der Waals surface area contributed by atoms with Gasteiger partial charge in [0.2, 0.25) is 0 Å². The van der Waals surface area contributed by atoms with Crippen LogP contribution in [0.3, 0.4) is 0 Å². The second-order valence-electron chi connectivity index (χ2n) is 7.92. The van der Waals surface area contributed by atoms with Crippen molar-refractivity contribution in [3.05, 3.63) is 66.6 Å². The fraction of sp³-hybridized carbons (Fsp3) is 0.0909. The molecule has 0 aliphatic carbocycles. The van der Waals surface area contributed by atoms with Gasteiger partial charge in [-0.25, -0.2) is 9.36 Å². The van der Waals surface area contributed by atoms with Gasteiger partial charge in [0.25, 0.3) is 0 Å². The van der Waals surface area contributed by atoms with Crippen LogP contribution in [-0.2, 0) is 12.4 Å². The summed E-state index contributed by atoms with van der Waals surface area (Å²) in [6, 6.07) is 6.09. The zero-order valence-corrected chi connectivity index (χ0v) is 24.4. The lowest BCUT2D eigenvalue weighted by molar-refractivity contribution is -0.138. The molecule has 2 heterocycles. The zero-order valence-electron chi connectivity index (χ0n) is 19.7. The van der Waals surface area contributed by atoms with E-state index in [4.69, 9.17) is 57.9 Å². The standard InChI is InChI=1S/C22H8Cl4F6N8S2/c23-11-1-7(21(27,28)29)2-12(24)15(11)39-17(35)9(5-33)19(37-39)41-42-20-10(6-34)18(36)40(38-20)16-13(25)3-8(4-14(16)26)22(30,31)32/h1-4H,35-36H2. The van der Waals surface area contributed by atoms with Gasteiger partial charge in [-0.2, -0.15) is 47.1 Å². The highest BCUT2D eigenvalue weighted by Crippen LogP contribution is 2.45. The van der Waals surface area contributed by atoms with Gasteiger partial charge in [0, 0.05) is 0 Å². The van der Waals surface area contributed by atoms with Crippen molar-refractivity contribution in [1.29, 1.82) is 10.5 Å². The zero-order chi connectivity index (χ0) is 31.3. The summed E-state index contributed by atoms with van der Waals surface area (Å²) in [5, 5.41) is 25.6. The van der Waals surface area contributed by atoms with E-state index in [2.05, 4.69) is 10.2 Å². The summed E-state index contributed by atoms with van der Waals surface area (Å²) < 4.78 is 80.6. The number of hydrogen-bond acceptors (Lipinski definition) is 8. The molecule has 42 heavy (non-hydrogen) atoms. The number of nitriles is 2. The minimum atomic E-state index is -4.74. The lowest BCUT2D eigenvalue weighted by Crippen LogP contribution is -2.08. The number of halogens is 10. The number of hydrogen-bond donors (Lipinski definition) is 2. The van der Waals surface area contributed by atoms with Gasteiger partial charge in [0.05, 0.1) is 31.2 Å². The van der Waals surface area contributed by atoms with Crippen LogP contribution in [0.2, 0.25) is 20.1 Å². The smallest absolute Gasteiger partial charge is 0.382 e. The number of nitrogens with two attached hydrogens (primary N) is 2. The van der Waals surface area contributed by atoms with Gasteiger partial charge in [-0.05, 0) is 45.9 Å². The normalized spacial score (nSPS) is 11.9. The molecule has 0 fully saturated rings. The summed E-state index contributed by atoms with van der Waals surface area (Å²) in [5.41, 5.74) is 8.94. The van der Waals surface area contributed by atoms with Crippen molar-refractivity contribution in [2.75, 3.05) is 11.5 Å². The van der Waals surface area contributed by atoms with E-state index in [1.807, 2.05) is 12.1 Å². The highest BCUT2D eigenvalue weighted by molar-refractivity contribution is 8.76. The van der Waals surface area contributed by atoms with Crippen LogP contribution in [0.1, 0.15) is 22.3 Å². The molecule has 0 aliphatic heterocycles. The molecule has 4 N–H and O–H groups in total. The minimum absolute atomic E-state index is 0.0744. The van der Waals surface area contributed by atoms with Crippen molar-refractivity contribution in [2.45, 2.75) is 22.4 Å². The first-order chi connectivity index (χ1) is 19.5. The highest BCUT2D eigenvalue weighted by Gasteiger charge is 2.34. The lowest BCUT2D eigenvalue weighted by atomic mass is 10.2. The molecule has 0 bridgehead atoms. The molecule has 0 atom stereocenters. The Balaban J connectivity index is 1.73. The number of alkyl halides is 6. The third kappa shape index (κ3) is 5.88. The van der Waals surface area contributed by atoms with Crippen LogP contribution in [-0.4, -0.2) is 19.6 Å². The minimum Gasteiger partial charge on any atom is -0.382 e. The van der Waals surface area contributed by atoms with Crippen molar-refractivity contribution in [3.63, 3.8) is 0 Å². The number of rotatable bonds is 5. The van der Waals surface area contributed by atoms with Crippen LogP contribution in [0, 0.1) is 22.7 Å². The summed E-state index contributed by atoms with van der Waals surface area (Å²) in [5.74, 6) is -0.615. The lowest BCUT2D eigenvalue weighted by Gasteiger charge is -2.13. The summed E-state index contributed by atoms with van der Waals surface area (Å²) >= 11 is 24.2. The second-order valence-corrected chi connectivity index (χ2v) is 11.7. The van der Waals surface area contributed by atoms with Crippen molar-refractivity contribution < 1.29 is 26.3 Å². The van der Waals surface area contributed by atoms with E-state index in [1.165, 1.54) is 0 Å². The fourth-order valence-electron chi connectivity index (χ4n) is 3.43. The maximum Gasteiger partial charge on any atom is 0.416 e. The molecule has 0 aliphatic rings. The second kappa shape index (κ2) is 11.5. The Morgan fingerprint density at radius 1 is 0.643 bits per heavy atom. The summed E-state index contributed by atoms with van der Waals surface area (Å²) in [4.78, 5) is 0. The fourth-order valence-corrected chi connectivity index (χ4v) is 6.75. The van der Waals surface area contributed by atoms with Crippen LogP contribution in [0.4, 0.5) is 38.0 Å². The van der Waals surface area contributed by atoms with Gasteiger partial charge in [0.1, 0.15) is 56.3 Å². The van der Waals surface area contributed by atoms with E-state index in [1.54, 1.807) is 0 Å². The molecule has 4 aromatic rings. The van der Waals surface area contributed by atoms with Crippen LogP contribution in [0.25, 0.3) is 11.4 Å². The number of nitrogen functional groups attached to an aromatic ring is 2. The average Bonchev–Trinajstić information content (AvgIpc) is 3.35. The molecule has 20 heteroatoms. The SMILES string of the molecule is N#Cc1c(SSc2nn(-c3c(Cl)cc(C(F)(F)F)cc3Cl)c(N)c2C#N)nn(-c2c(Cl)cc(C(F)(F)F)cc2Cl)c1N. The van der Waals surface area contributed by atoms with Gasteiger partial charge in [0.15, 0.2) is 0 Å². The third-order valence-electron chi connectivity index (χ3n) is 5.31. The van der Waals surface area contributed by atoms with E-state index in [0.29, 0.717) is 24.3 Å². The molecular formula is C22H8Cl4F6N8S2. The Kier molecular flexibility index (Phi) is 8.72. The van der Waals surface area contributed by atoms with E-state index >= 15 is 0 Å². The number of benzene rings is 2. The van der Waals surface area contributed by atoms with Gasteiger partial charge in [-0.3, -0.25) is 0 Å². The number of aromatic nitrogens is 4. The van der Waals surface area contributed by atoms with Gasteiger partial charge in [-0.1, -0.05) is 46.4 Å². The molecular weight excluding hydrogens is 696 g/mol. The van der Waals surface area contributed by atoms with E-state index in [9.17, 15) is 36.9 Å². The van der Waals surface area contributed by atoms with Gasteiger partial charge >= 0.3 is 12.4 Å². The molecule has 4 rings (SSSR count). The van der Waals surface area contributed by atoms with Crippen molar-refractivity contribution in [3.8, 4) is 23.5 Å². The Hall–Kier alpha value is -3.12. The van der Waals surface area contributed by atoms with Crippen molar-refractivity contribution in [1.82, 2.24) is 19.6 Å². The molecule has 0 spiro atoms. The number of nitrogens with zero attached hydrogens (tertiary/aromatic N) is 6. The third-order valence-corrected chi connectivity index (χ3v) is 8.63. The van der Waals surface area contributed by atoms with Crippen LogP contribution < -0.4 is 11.5 Å². The topological polar surface area (TPSA) is 135 Å². The molecule has 0 saturated carbocycles. The Bertz CT molecular complexity index is 1640. The monoisotopic (exact) mass is 702 g/mol. The predicted molar refractivity (Wildman–Crippen MR) is 147 cm³/mol. The first-order valence-electron chi connectivity index (χ1n) is 10.5. The molecule has 0 radical (unpaired) electrons. The van der Waals surface area contributed by atoms with Crippen LogP contribution >= 0.6 is 68.0 Å². The first-order valence-corrected chi connectivity index (χ1v) is 14.2. The van der Waals surface area contributed by atoms with Gasteiger partial charge < -0.3 is 11.5 Å². The molecule has 0 amide bonds. The maximum absolute atomic E-state index is 13.1. The number of anilines is 2. The van der Waals surface area contributed by atoms with Gasteiger partial charge in [-0.15, -0.1) is 0 Å². The Labute approximate surface area is 259 Å². The quantitative estimate of drug-likeness (QED) is 0.156. The summed E-state index contributed by atoms with van der Waals surface area (Å²) in [7, 11) is 1.51. The molecule has 0 unspecified atom stereocenters. The average molecular weight is 704 g/mol. The van der Waals surface area contributed by atoms with Crippen LogP contribution in [0.15, 0.2) is 34.3 Å². The first kappa shape index (κ1) is 31.8. The van der Waals surface area contributed by atoms with E-state index in [-0.39, 0.29) is 44.2 Å². The van der Waals surface area contributed by atoms with Crippen molar-refractivity contribution in [2.24, 2.45) is 0 Å². The Morgan fingerprint density at radius 3 is 1.17 bits per heavy atom. The maximum atomic E-state index is 13.1. The van der Waals surface area contributed by atoms with E-state index in [0.717, 1.165) is 31.0 Å².